The second-order valence-corrected chi connectivity index (χ2v) is 14.0. The van der Waals surface area contributed by atoms with Crippen molar-refractivity contribution >= 4 is 71.5 Å². The molecule has 0 aliphatic heterocycles. The molecule has 0 bridgehead atoms. The van der Waals surface area contributed by atoms with E-state index >= 15 is 0 Å². The zero-order chi connectivity index (χ0) is 36.3. The number of oxazole rings is 1. The van der Waals surface area contributed by atoms with E-state index in [1.807, 2.05) is 30.3 Å². The van der Waals surface area contributed by atoms with Crippen molar-refractivity contribution in [2.45, 2.75) is 0 Å². The Morgan fingerprint density at radius 3 is 1.89 bits per heavy atom. The molecule has 4 nitrogen and oxygen atoms in total. The Morgan fingerprint density at radius 2 is 1.07 bits per heavy atom. The first-order valence-electron chi connectivity index (χ1n) is 18.6. The Balaban J connectivity index is 1.18. The standard InChI is InChI=1S/C51H33N3O/c1-3-15-36(16-4-1)51-52-49-48(32-37-17-8-10-22-43(37)50(49)55-51)53(39-28-26-35(27-29-39)42-24-13-18-34-14-7-9-21-41(34)42)40-30-31-45-44-23-11-12-25-46(44)54(47(45)33-40)38-19-5-2-6-20-38/h1-33H. The van der Waals surface area contributed by atoms with Crippen molar-refractivity contribution in [3.8, 4) is 28.3 Å². The van der Waals surface area contributed by atoms with Crippen molar-refractivity contribution in [2.24, 2.45) is 0 Å². The molecule has 0 amide bonds. The van der Waals surface area contributed by atoms with E-state index in [4.69, 9.17) is 9.40 Å². The molecule has 0 saturated heterocycles. The Kier molecular flexibility index (Phi) is 7.14. The molecule has 0 atom stereocenters. The number of hydrogen-bond acceptors (Lipinski definition) is 3. The van der Waals surface area contributed by atoms with Crippen LogP contribution in [0.1, 0.15) is 0 Å². The van der Waals surface area contributed by atoms with Crippen LogP contribution < -0.4 is 4.90 Å². The van der Waals surface area contributed by atoms with E-state index < -0.39 is 0 Å². The molecule has 0 unspecified atom stereocenters. The summed E-state index contributed by atoms with van der Waals surface area (Å²) in [5, 5.41) is 6.99. The molecule has 11 aromatic rings. The number of nitrogens with zero attached hydrogens (tertiary/aromatic N) is 3. The first-order chi connectivity index (χ1) is 27.3. The lowest BCUT2D eigenvalue weighted by atomic mass is 9.98. The van der Waals surface area contributed by atoms with Crippen LogP contribution in [-0.2, 0) is 0 Å². The van der Waals surface area contributed by atoms with Gasteiger partial charge in [-0.2, -0.15) is 0 Å². The Bertz CT molecular complexity index is 3190. The Morgan fingerprint density at radius 1 is 0.436 bits per heavy atom. The third-order valence-electron chi connectivity index (χ3n) is 10.8. The monoisotopic (exact) mass is 703 g/mol. The maximum absolute atomic E-state index is 6.69. The number of hydrogen-bond donors (Lipinski definition) is 0. The van der Waals surface area contributed by atoms with E-state index in [2.05, 4.69) is 179 Å². The van der Waals surface area contributed by atoms with Gasteiger partial charge in [-0.05, 0) is 87.9 Å². The molecule has 258 valence electrons. The smallest absolute Gasteiger partial charge is 0.227 e. The summed E-state index contributed by atoms with van der Waals surface area (Å²) in [6.07, 6.45) is 0. The zero-order valence-electron chi connectivity index (χ0n) is 29.8. The van der Waals surface area contributed by atoms with Gasteiger partial charge in [0.25, 0.3) is 0 Å². The predicted octanol–water partition coefficient (Wildman–Crippen LogP) is 14.0. The SMILES string of the molecule is c1ccc(-c2nc3c(N(c4ccc(-c5cccc6ccccc56)cc4)c4ccc5c6ccccc6n(-c6ccccc6)c5c4)cc4ccccc4c3o2)cc1. The third kappa shape index (κ3) is 5.11. The van der Waals surface area contributed by atoms with Crippen molar-refractivity contribution < 1.29 is 4.42 Å². The highest BCUT2D eigenvalue weighted by Gasteiger charge is 2.23. The molecule has 0 radical (unpaired) electrons. The first kappa shape index (κ1) is 31.1. The molecule has 2 heterocycles. The van der Waals surface area contributed by atoms with Crippen LogP contribution in [0.4, 0.5) is 17.1 Å². The summed E-state index contributed by atoms with van der Waals surface area (Å²) in [6, 6.07) is 71.0. The van der Waals surface area contributed by atoms with Crippen molar-refractivity contribution in [1.29, 1.82) is 0 Å². The van der Waals surface area contributed by atoms with E-state index in [0.717, 1.165) is 61.3 Å². The molecule has 0 aliphatic carbocycles. The predicted molar refractivity (Wildman–Crippen MR) is 229 cm³/mol. The highest BCUT2D eigenvalue weighted by atomic mass is 16.3. The van der Waals surface area contributed by atoms with E-state index in [-0.39, 0.29) is 0 Å². The summed E-state index contributed by atoms with van der Waals surface area (Å²) >= 11 is 0. The average Bonchev–Trinajstić information content (AvgIpc) is 3.85. The fraction of sp³-hybridized carbons (Fsp3) is 0. The van der Waals surface area contributed by atoms with Crippen LogP contribution in [-0.4, -0.2) is 9.55 Å². The van der Waals surface area contributed by atoms with E-state index in [1.54, 1.807) is 0 Å². The van der Waals surface area contributed by atoms with Gasteiger partial charge in [-0.1, -0.05) is 140 Å². The molecule has 2 aromatic heterocycles. The summed E-state index contributed by atoms with van der Waals surface area (Å²) < 4.78 is 9.06. The summed E-state index contributed by atoms with van der Waals surface area (Å²) in [4.78, 5) is 7.59. The molecular weight excluding hydrogens is 671 g/mol. The van der Waals surface area contributed by atoms with Crippen molar-refractivity contribution in [2.75, 3.05) is 4.90 Å². The van der Waals surface area contributed by atoms with Crippen molar-refractivity contribution in [1.82, 2.24) is 9.55 Å². The van der Waals surface area contributed by atoms with Gasteiger partial charge < -0.3 is 13.9 Å². The molecular formula is C51H33N3O. The lowest BCUT2D eigenvalue weighted by Crippen LogP contribution is -2.11. The minimum atomic E-state index is 0.596. The first-order valence-corrected chi connectivity index (χ1v) is 18.6. The van der Waals surface area contributed by atoms with Gasteiger partial charge in [0.05, 0.1) is 16.7 Å². The number of aromatic nitrogens is 2. The number of rotatable bonds is 6. The number of benzene rings is 9. The van der Waals surface area contributed by atoms with Crippen LogP contribution in [0.5, 0.6) is 0 Å². The third-order valence-corrected chi connectivity index (χ3v) is 10.8. The molecule has 55 heavy (non-hydrogen) atoms. The minimum Gasteiger partial charge on any atom is -0.435 e. The van der Waals surface area contributed by atoms with Gasteiger partial charge in [-0.25, -0.2) is 4.98 Å². The minimum absolute atomic E-state index is 0.596. The van der Waals surface area contributed by atoms with Crippen LogP contribution in [0.15, 0.2) is 205 Å². The van der Waals surface area contributed by atoms with Gasteiger partial charge in [0.1, 0.15) is 5.52 Å². The van der Waals surface area contributed by atoms with Crippen LogP contribution >= 0.6 is 0 Å². The summed E-state index contributed by atoms with van der Waals surface area (Å²) in [5.41, 5.74) is 11.3. The quantitative estimate of drug-likeness (QED) is 0.173. The largest absolute Gasteiger partial charge is 0.435 e. The van der Waals surface area contributed by atoms with E-state index in [9.17, 15) is 0 Å². The molecule has 0 aliphatic rings. The topological polar surface area (TPSA) is 34.2 Å². The van der Waals surface area contributed by atoms with Gasteiger partial charge in [-0.15, -0.1) is 0 Å². The molecule has 0 spiro atoms. The maximum atomic E-state index is 6.69. The summed E-state index contributed by atoms with van der Waals surface area (Å²) in [6.45, 7) is 0. The fourth-order valence-corrected chi connectivity index (χ4v) is 8.24. The second kappa shape index (κ2) is 12.6. The van der Waals surface area contributed by atoms with E-state index in [1.165, 1.54) is 32.6 Å². The van der Waals surface area contributed by atoms with Crippen LogP contribution in [0.25, 0.3) is 82.7 Å². The highest BCUT2D eigenvalue weighted by molar-refractivity contribution is 6.13. The fourth-order valence-electron chi connectivity index (χ4n) is 8.24. The van der Waals surface area contributed by atoms with Gasteiger partial charge >= 0.3 is 0 Å². The number of para-hydroxylation sites is 2. The highest BCUT2D eigenvalue weighted by Crippen LogP contribution is 2.45. The van der Waals surface area contributed by atoms with Crippen molar-refractivity contribution in [3.05, 3.63) is 200 Å². The van der Waals surface area contributed by atoms with Gasteiger partial charge in [0, 0.05) is 38.8 Å². The van der Waals surface area contributed by atoms with Crippen LogP contribution in [0.2, 0.25) is 0 Å². The van der Waals surface area contributed by atoms with E-state index in [0.29, 0.717) is 5.89 Å². The van der Waals surface area contributed by atoms with Gasteiger partial charge in [-0.3, -0.25) is 0 Å². The lowest BCUT2D eigenvalue weighted by molar-refractivity contribution is 0.623. The maximum Gasteiger partial charge on any atom is 0.227 e. The normalized spacial score (nSPS) is 11.6. The zero-order valence-corrected chi connectivity index (χ0v) is 29.8. The molecule has 9 aromatic carbocycles. The summed E-state index contributed by atoms with van der Waals surface area (Å²) in [5.74, 6) is 0.596. The Hall–Kier alpha value is -7.43. The molecule has 0 N–H and O–H groups in total. The van der Waals surface area contributed by atoms with Crippen LogP contribution in [0, 0.1) is 0 Å². The number of fused-ring (bicyclic) bond motifs is 7. The van der Waals surface area contributed by atoms with Crippen molar-refractivity contribution in [3.63, 3.8) is 0 Å². The number of anilines is 3. The van der Waals surface area contributed by atoms with Crippen LogP contribution in [0.3, 0.4) is 0 Å². The molecule has 0 saturated carbocycles. The second-order valence-electron chi connectivity index (χ2n) is 14.0. The average molecular weight is 704 g/mol. The van der Waals surface area contributed by atoms with Gasteiger partial charge in [0.15, 0.2) is 5.58 Å². The molecule has 0 fully saturated rings. The molecule has 4 heteroatoms. The summed E-state index contributed by atoms with van der Waals surface area (Å²) in [7, 11) is 0. The molecule has 11 rings (SSSR count). The van der Waals surface area contributed by atoms with Gasteiger partial charge in [0.2, 0.25) is 5.89 Å². The lowest BCUT2D eigenvalue weighted by Gasteiger charge is -2.26. The Labute approximate surface area is 317 Å².